The van der Waals surface area contributed by atoms with E-state index in [1.807, 2.05) is 12.1 Å². The van der Waals surface area contributed by atoms with Gasteiger partial charge in [0, 0.05) is 11.6 Å². The number of halogens is 2. The Kier molecular flexibility index (Phi) is 7.61. The van der Waals surface area contributed by atoms with Gasteiger partial charge >= 0.3 is 5.97 Å². The summed E-state index contributed by atoms with van der Waals surface area (Å²) in [6.07, 6.45) is 1.74. The maximum atomic E-state index is 11.9. The SMILES string of the molecule is COC(=O)c1cc(Cl)cc(Cl)c1NCCCCOc1cccc(C)c1C. The van der Waals surface area contributed by atoms with Crippen molar-refractivity contribution in [3.05, 3.63) is 57.1 Å². The molecule has 0 heterocycles. The van der Waals surface area contributed by atoms with E-state index in [1.165, 1.54) is 18.2 Å². The van der Waals surface area contributed by atoms with E-state index in [4.69, 9.17) is 32.7 Å². The minimum absolute atomic E-state index is 0.330. The van der Waals surface area contributed by atoms with Crippen molar-refractivity contribution in [2.75, 3.05) is 25.6 Å². The molecule has 6 heteroatoms. The second kappa shape index (κ2) is 9.70. The molecule has 2 aromatic rings. The number of benzene rings is 2. The van der Waals surface area contributed by atoms with Crippen LogP contribution in [-0.2, 0) is 4.74 Å². The molecule has 0 aliphatic rings. The van der Waals surface area contributed by atoms with Crippen LogP contribution in [0.2, 0.25) is 10.0 Å². The van der Waals surface area contributed by atoms with Crippen LogP contribution in [0.1, 0.15) is 34.3 Å². The Morgan fingerprint density at radius 2 is 1.92 bits per heavy atom. The molecular weight excluding hydrogens is 373 g/mol. The number of nitrogens with one attached hydrogen (secondary N) is 1. The number of methoxy groups -OCH3 is 1. The number of carbonyl (C=O) groups is 1. The molecule has 0 spiro atoms. The summed E-state index contributed by atoms with van der Waals surface area (Å²) in [5.41, 5.74) is 3.26. The second-order valence-electron chi connectivity index (χ2n) is 5.98. The second-order valence-corrected chi connectivity index (χ2v) is 6.83. The third-order valence-corrected chi connectivity index (χ3v) is 4.66. The van der Waals surface area contributed by atoms with Gasteiger partial charge in [-0.1, -0.05) is 35.3 Å². The topological polar surface area (TPSA) is 47.6 Å². The Morgan fingerprint density at radius 1 is 1.15 bits per heavy atom. The number of carbonyl (C=O) groups excluding carboxylic acids is 1. The molecular formula is C20H23Cl2NO3. The first kappa shape index (κ1) is 20.4. The minimum Gasteiger partial charge on any atom is -0.493 e. The number of ether oxygens (including phenoxy) is 2. The summed E-state index contributed by atoms with van der Waals surface area (Å²) < 4.78 is 10.6. The Hall–Kier alpha value is -1.91. The molecule has 0 aliphatic carbocycles. The van der Waals surface area contributed by atoms with E-state index < -0.39 is 5.97 Å². The molecule has 140 valence electrons. The largest absolute Gasteiger partial charge is 0.493 e. The lowest BCUT2D eigenvalue weighted by atomic mass is 10.1. The van der Waals surface area contributed by atoms with Crippen LogP contribution < -0.4 is 10.1 Å². The van der Waals surface area contributed by atoms with Crippen molar-refractivity contribution in [2.45, 2.75) is 26.7 Å². The van der Waals surface area contributed by atoms with E-state index in [2.05, 4.69) is 25.2 Å². The summed E-state index contributed by atoms with van der Waals surface area (Å²) in [6, 6.07) is 9.19. The Balaban J connectivity index is 1.85. The molecule has 2 aromatic carbocycles. The molecule has 0 bridgehead atoms. The predicted molar refractivity (Wildman–Crippen MR) is 107 cm³/mol. The van der Waals surface area contributed by atoms with Gasteiger partial charge in [0.25, 0.3) is 0 Å². The fourth-order valence-electron chi connectivity index (χ4n) is 2.53. The Bertz CT molecular complexity index is 778. The van der Waals surface area contributed by atoms with Crippen molar-refractivity contribution in [1.82, 2.24) is 0 Å². The van der Waals surface area contributed by atoms with Crippen LogP contribution in [0.4, 0.5) is 5.69 Å². The molecule has 0 saturated heterocycles. The van der Waals surface area contributed by atoms with E-state index >= 15 is 0 Å². The highest BCUT2D eigenvalue weighted by atomic mass is 35.5. The fourth-order valence-corrected chi connectivity index (χ4v) is 3.09. The molecule has 0 unspecified atom stereocenters. The van der Waals surface area contributed by atoms with Crippen molar-refractivity contribution in [1.29, 1.82) is 0 Å². The zero-order chi connectivity index (χ0) is 19.1. The van der Waals surface area contributed by atoms with Crippen LogP contribution in [-0.4, -0.2) is 26.2 Å². The van der Waals surface area contributed by atoms with Gasteiger partial charge in [-0.3, -0.25) is 0 Å². The van der Waals surface area contributed by atoms with Crippen LogP contribution in [0.5, 0.6) is 5.75 Å². The van der Waals surface area contributed by atoms with Crippen molar-refractivity contribution in [3.8, 4) is 5.75 Å². The van der Waals surface area contributed by atoms with Gasteiger partial charge in [0.15, 0.2) is 0 Å². The summed E-state index contributed by atoms with van der Waals surface area (Å²) in [4.78, 5) is 11.9. The molecule has 26 heavy (non-hydrogen) atoms. The molecule has 4 nitrogen and oxygen atoms in total. The first-order chi connectivity index (χ1) is 12.4. The first-order valence-electron chi connectivity index (χ1n) is 8.44. The standard InChI is InChI=1S/C20H23Cl2NO3/c1-13-7-6-8-18(14(13)2)26-10-5-4-9-23-19-16(20(24)25-3)11-15(21)12-17(19)22/h6-8,11-12,23H,4-5,9-10H2,1-3H3. The van der Waals surface area contributed by atoms with E-state index in [1.54, 1.807) is 12.1 Å². The lowest BCUT2D eigenvalue weighted by Crippen LogP contribution is -2.11. The zero-order valence-electron chi connectivity index (χ0n) is 15.2. The number of hydrogen-bond donors (Lipinski definition) is 1. The van der Waals surface area contributed by atoms with Gasteiger partial charge in [-0.15, -0.1) is 0 Å². The first-order valence-corrected chi connectivity index (χ1v) is 9.20. The van der Waals surface area contributed by atoms with Gasteiger partial charge in [0.2, 0.25) is 0 Å². The van der Waals surface area contributed by atoms with Crippen molar-refractivity contribution >= 4 is 34.9 Å². The molecule has 0 fully saturated rings. The Labute approximate surface area is 164 Å². The van der Waals surface area contributed by atoms with Gasteiger partial charge in [-0.05, 0) is 56.0 Å². The van der Waals surface area contributed by atoms with Gasteiger partial charge in [-0.2, -0.15) is 0 Å². The van der Waals surface area contributed by atoms with Crippen molar-refractivity contribution in [3.63, 3.8) is 0 Å². The third kappa shape index (κ3) is 5.29. The molecule has 0 aliphatic heterocycles. The average molecular weight is 396 g/mol. The summed E-state index contributed by atoms with van der Waals surface area (Å²) in [5.74, 6) is 0.446. The van der Waals surface area contributed by atoms with Crippen molar-refractivity contribution in [2.24, 2.45) is 0 Å². The van der Waals surface area contributed by atoms with Crippen LogP contribution in [0.15, 0.2) is 30.3 Å². The highest BCUT2D eigenvalue weighted by Crippen LogP contribution is 2.30. The molecule has 0 atom stereocenters. The monoisotopic (exact) mass is 395 g/mol. The highest BCUT2D eigenvalue weighted by molar-refractivity contribution is 6.37. The highest BCUT2D eigenvalue weighted by Gasteiger charge is 2.16. The summed E-state index contributed by atoms with van der Waals surface area (Å²) in [7, 11) is 1.32. The van der Waals surface area contributed by atoms with Gasteiger partial charge in [0.1, 0.15) is 5.75 Å². The molecule has 0 radical (unpaired) electrons. The number of unbranched alkanes of at least 4 members (excludes halogenated alkanes) is 1. The van der Waals surface area contributed by atoms with Gasteiger partial charge in [-0.25, -0.2) is 4.79 Å². The molecule has 0 amide bonds. The molecule has 1 N–H and O–H groups in total. The van der Waals surface area contributed by atoms with Crippen LogP contribution in [0.3, 0.4) is 0 Å². The predicted octanol–water partition coefficient (Wildman–Crippen LogP) is 5.67. The third-order valence-electron chi connectivity index (χ3n) is 4.15. The van der Waals surface area contributed by atoms with Crippen LogP contribution in [0.25, 0.3) is 0 Å². The van der Waals surface area contributed by atoms with E-state index in [9.17, 15) is 4.79 Å². The zero-order valence-corrected chi connectivity index (χ0v) is 16.7. The van der Waals surface area contributed by atoms with Gasteiger partial charge < -0.3 is 14.8 Å². The van der Waals surface area contributed by atoms with Gasteiger partial charge in [0.05, 0.1) is 30.0 Å². The number of aryl methyl sites for hydroxylation is 1. The average Bonchev–Trinajstić information content (AvgIpc) is 2.61. The normalized spacial score (nSPS) is 10.5. The molecule has 2 rings (SSSR count). The van der Waals surface area contributed by atoms with E-state index in [-0.39, 0.29) is 0 Å². The Morgan fingerprint density at radius 3 is 2.65 bits per heavy atom. The smallest absolute Gasteiger partial charge is 0.340 e. The molecule has 0 aromatic heterocycles. The van der Waals surface area contributed by atoms with E-state index in [0.717, 1.165) is 18.6 Å². The maximum absolute atomic E-state index is 11.9. The van der Waals surface area contributed by atoms with E-state index in [0.29, 0.717) is 34.4 Å². The summed E-state index contributed by atoms with van der Waals surface area (Å²) in [6.45, 7) is 5.41. The lowest BCUT2D eigenvalue weighted by molar-refractivity contribution is 0.0602. The number of rotatable bonds is 8. The number of anilines is 1. The quantitative estimate of drug-likeness (QED) is 0.462. The summed E-state index contributed by atoms with van der Waals surface area (Å²) in [5, 5.41) is 3.98. The fraction of sp³-hybridized carbons (Fsp3) is 0.350. The van der Waals surface area contributed by atoms with Crippen LogP contribution in [0, 0.1) is 13.8 Å². The lowest BCUT2D eigenvalue weighted by Gasteiger charge is -2.14. The molecule has 0 saturated carbocycles. The number of hydrogen-bond acceptors (Lipinski definition) is 4. The minimum atomic E-state index is -0.477. The maximum Gasteiger partial charge on any atom is 0.340 e. The van der Waals surface area contributed by atoms with Crippen molar-refractivity contribution < 1.29 is 14.3 Å². The number of esters is 1. The summed E-state index contributed by atoms with van der Waals surface area (Å²) >= 11 is 12.2. The van der Waals surface area contributed by atoms with Crippen LogP contribution >= 0.6 is 23.2 Å².